The fraction of sp³-hybridized carbons (Fsp3) is 0.455. The average molecular weight is 254 g/mol. The molecule has 0 bridgehead atoms. The summed E-state index contributed by atoms with van der Waals surface area (Å²) in [6, 6.07) is 0. The highest BCUT2D eigenvalue weighted by molar-refractivity contribution is 6.03. The molecule has 0 aromatic carbocycles. The van der Waals surface area contributed by atoms with Gasteiger partial charge in [0.15, 0.2) is 0 Å². The molecule has 1 aliphatic rings. The summed E-state index contributed by atoms with van der Waals surface area (Å²) in [4.78, 5) is 49.7. The average Bonchev–Trinajstić information content (AvgIpc) is 2.52. The zero-order valence-electron chi connectivity index (χ0n) is 10.2. The van der Waals surface area contributed by atoms with E-state index in [0.29, 0.717) is 5.06 Å². The van der Waals surface area contributed by atoms with Crippen molar-refractivity contribution >= 4 is 23.7 Å². The summed E-state index contributed by atoms with van der Waals surface area (Å²) >= 11 is 0. The van der Waals surface area contributed by atoms with E-state index < -0.39 is 36.2 Å². The Morgan fingerprint density at radius 1 is 1.50 bits per heavy atom. The van der Waals surface area contributed by atoms with Crippen molar-refractivity contribution in [3.63, 3.8) is 0 Å². The van der Waals surface area contributed by atoms with Gasteiger partial charge in [-0.05, 0) is 6.92 Å². The van der Waals surface area contributed by atoms with Crippen LogP contribution >= 0.6 is 0 Å². The van der Waals surface area contributed by atoms with Crippen LogP contribution in [-0.4, -0.2) is 35.3 Å². The Labute approximate surface area is 104 Å². The molecule has 1 unspecified atom stereocenters. The zero-order chi connectivity index (χ0) is 13.9. The maximum atomic E-state index is 11.4. The number of carbonyl (C=O) groups is 4. The first-order valence-corrected chi connectivity index (χ1v) is 5.34. The second-order valence-corrected chi connectivity index (χ2v) is 4.06. The molecule has 7 nitrogen and oxygen atoms in total. The number of rotatable bonds is 4. The molecule has 1 heterocycles. The maximum Gasteiger partial charge on any atom is 0.352 e. The first kappa shape index (κ1) is 13.9. The van der Waals surface area contributed by atoms with Gasteiger partial charge in [-0.2, -0.15) is 0 Å². The van der Waals surface area contributed by atoms with Gasteiger partial charge in [-0.15, -0.1) is 5.06 Å². The quantitative estimate of drug-likeness (QED) is 0.541. The largest absolute Gasteiger partial charge is 0.352 e. The molecule has 0 saturated carbocycles. The Kier molecular flexibility index (Phi) is 4.19. The lowest BCUT2D eigenvalue weighted by Gasteiger charge is -2.13. The smallest absolute Gasteiger partial charge is 0.341 e. The summed E-state index contributed by atoms with van der Waals surface area (Å²) in [7, 11) is 0. The third-order valence-corrected chi connectivity index (χ3v) is 2.30. The lowest BCUT2D eigenvalue weighted by atomic mass is 10.1. The Morgan fingerprint density at radius 2 is 2.11 bits per heavy atom. The summed E-state index contributed by atoms with van der Waals surface area (Å²) in [5, 5.41) is 2.68. The van der Waals surface area contributed by atoms with Crippen LogP contribution in [0, 0.1) is 5.92 Å². The Hall–Kier alpha value is -2.18. The minimum Gasteiger partial charge on any atom is -0.341 e. The highest BCUT2D eigenvalue weighted by atomic mass is 16.7. The fourth-order valence-electron chi connectivity index (χ4n) is 1.29. The van der Waals surface area contributed by atoms with E-state index in [1.54, 1.807) is 6.92 Å². The van der Waals surface area contributed by atoms with Gasteiger partial charge in [0.05, 0.1) is 0 Å². The minimum atomic E-state index is -0.889. The molecule has 1 saturated heterocycles. The molecule has 0 radical (unpaired) electrons. The monoisotopic (exact) mass is 254 g/mol. The fourth-order valence-corrected chi connectivity index (χ4v) is 1.29. The van der Waals surface area contributed by atoms with Crippen molar-refractivity contribution in [2.75, 3.05) is 6.54 Å². The number of nitrogens with one attached hydrogen (secondary N) is 1. The van der Waals surface area contributed by atoms with Gasteiger partial charge in [-0.25, -0.2) is 4.79 Å². The van der Waals surface area contributed by atoms with Gasteiger partial charge in [0.2, 0.25) is 5.91 Å². The summed E-state index contributed by atoms with van der Waals surface area (Å²) in [6.07, 6.45) is 0.0181. The maximum absolute atomic E-state index is 11.4. The van der Waals surface area contributed by atoms with Crippen molar-refractivity contribution in [2.45, 2.75) is 20.3 Å². The number of imide groups is 1. The second kappa shape index (κ2) is 5.44. The van der Waals surface area contributed by atoms with E-state index in [4.69, 9.17) is 0 Å². The second-order valence-electron chi connectivity index (χ2n) is 4.06. The molecule has 1 fully saturated rings. The minimum absolute atomic E-state index is 0.0181. The topological polar surface area (TPSA) is 92.8 Å². The van der Waals surface area contributed by atoms with Crippen molar-refractivity contribution in [1.82, 2.24) is 10.4 Å². The number of hydrogen-bond acceptors (Lipinski definition) is 5. The van der Waals surface area contributed by atoms with Gasteiger partial charge in [-0.3, -0.25) is 14.4 Å². The van der Waals surface area contributed by atoms with Gasteiger partial charge < -0.3 is 10.2 Å². The molecular formula is C11H14N2O5. The van der Waals surface area contributed by atoms with E-state index in [1.165, 1.54) is 6.92 Å². The van der Waals surface area contributed by atoms with Crippen molar-refractivity contribution < 1.29 is 24.0 Å². The Bertz CT molecular complexity index is 429. The predicted octanol–water partition coefficient (Wildman–Crippen LogP) is -0.468. The van der Waals surface area contributed by atoms with Crippen LogP contribution < -0.4 is 5.32 Å². The molecule has 98 valence electrons. The van der Waals surface area contributed by atoms with Crippen LogP contribution in [0.5, 0.6) is 0 Å². The lowest BCUT2D eigenvalue weighted by Crippen LogP contribution is -2.38. The first-order chi connectivity index (χ1) is 8.32. The number of hydroxylamine groups is 2. The van der Waals surface area contributed by atoms with E-state index in [0.717, 1.165) is 0 Å². The molecule has 1 rings (SSSR count). The van der Waals surface area contributed by atoms with Crippen LogP contribution in [0.3, 0.4) is 0 Å². The predicted molar refractivity (Wildman–Crippen MR) is 59.5 cm³/mol. The number of nitrogens with zero attached hydrogens (tertiary/aromatic N) is 1. The lowest BCUT2D eigenvalue weighted by molar-refractivity contribution is -0.197. The van der Waals surface area contributed by atoms with Crippen LogP contribution in [0.15, 0.2) is 12.2 Å². The highest BCUT2D eigenvalue weighted by Gasteiger charge is 2.38. The van der Waals surface area contributed by atoms with E-state index >= 15 is 0 Å². The van der Waals surface area contributed by atoms with Gasteiger partial charge in [-0.1, -0.05) is 13.5 Å². The number of hydrogen-bond donors (Lipinski definition) is 1. The highest BCUT2D eigenvalue weighted by Crippen LogP contribution is 2.18. The third-order valence-electron chi connectivity index (χ3n) is 2.30. The standard InChI is InChI=1S/C11H14N2O5/c1-6(2)10(16)12-5-9(15)18-13-8(14)4-7(3)11(13)17/h7H,1,4-5H2,2-3H3,(H,12,16). The van der Waals surface area contributed by atoms with Crippen molar-refractivity contribution in [2.24, 2.45) is 5.92 Å². The molecule has 0 aromatic rings. The van der Waals surface area contributed by atoms with Crippen LogP contribution in [0.25, 0.3) is 0 Å². The van der Waals surface area contributed by atoms with Crippen molar-refractivity contribution in [3.8, 4) is 0 Å². The van der Waals surface area contributed by atoms with Crippen molar-refractivity contribution in [1.29, 1.82) is 0 Å². The first-order valence-electron chi connectivity index (χ1n) is 5.34. The Morgan fingerprint density at radius 3 is 2.56 bits per heavy atom. The normalized spacial score (nSPS) is 18.8. The van der Waals surface area contributed by atoms with Gasteiger partial charge >= 0.3 is 5.97 Å². The molecule has 0 aromatic heterocycles. The molecular weight excluding hydrogens is 240 g/mol. The molecule has 1 aliphatic heterocycles. The third kappa shape index (κ3) is 3.16. The molecule has 1 N–H and O–H groups in total. The van der Waals surface area contributed by atoms with E-state index in [2.05, 4.69) is 16.7 Å². The molecule has 7 heteroatoms. The summed E-state index contributed by atoms with van der Waals surface area (Å²) in [5.74, 6) is -3.00. The van der Waals surface area contributed by atoms with E-state index in [1.807, 2.05) is 0 Å². The summed E-state index contributed by atoms with van der Waals surface area (Å²) in [5.41, 5.74) is 0.241. The SMILES string of the molecule is C=C(C)C(=O)NCC(=O)ON1C(=O)CC(C)C1=O. The summed E-state index contributed by atoms with van der Waals surface area (Å²) < 4.78 is 0. The van der Waals surface area contributed by atoms with E-state index in [-0.39, 0.29) is 12.0 Å². The number of carbonyl (C=O) groups excluding carboxylic acids is 4. The van der Waals surface area contributed by atoms with Crippen LogP contribution in [0.4, 0.5) is 0 Å². The molecule has 3 amide bonds. The van der Waals surface area contributed by atoms with E-state index in [9.17, 15) is 19.2 Å². The number of amides is 3. The van der Waals surface area contributed by atoms with Gasteiger partial charge in [0, 0.05) is 17.9 Å². The van der Waals surface area contributed by atoms with Gasteiger partial charge in [0.25, 0.3) is 11.8 Å². The molecule has 0 aliphatic carbocycles. The molecule has 18 heavy (non-hydrogen) atoms. The summed E-state index contributed by atoms with van der Waals surface area (Å²) in [6.45, 7) is 6.00. The Balaban J connectivity index is 2.46. The van der Waals surface area contributed by atoms with Crippen LogP contribution in [-0.2, 0) is 24.0 Å². The van der Waals surface area contributed by atoms with Gasteiger partial charge in [0.1, 0.15) is 6.54 Å². The van der Waals surface area contributed by atoms with Crippen molar-refractivity contribution in [3.05, 3.63) is 12.2 Å². The van der Waals surface area contributed by atoms with Crippen LogP contribution in [0.1, 0.15) is 20.3 Å². The molecule has 1 atom stereocenters. The van der Waals surface area contributed by atoms with Crippen LogP contribution in [0.2, 0.25) is 0 Å². The zero-order valence-corrected chi connectivity index (χ0v) is 10.2. The molecule has 0 spiro atoms.